The molecule has 0 aliphatic rings. The van der Waals surface area contributed by atoms with Gasteiger partial charge in [-0.25, -0.2) is 4.39 Å². The molecule has 0 spiro atoms. The van der Waals surface area contributed by atoms with Gasteiger partial charge >= 0.3 is 0 Å². The minimum atomic E-state index is -0.176. The lowest BCUT2D eigenvalue weighted by Gasteiger charge is -2.08. The van der Waals surface area contributed by atoms with Crippen molar-refractivity contribution < 1.29 is 4.39 Å². The predicted molar refractivity (Wildman–Crippen MR) is 57.5 cm³/mol. The summed E-state index contributed by atoms with van der Waals surface area (Å²) in [4.78, 5) is 0. The van der Waals surface area contributed by atoms with Crippen LogP contribution in [0.1, 0.15) is 19.4 Å². The van der Waals surface area contributed by atoms with E-state index < -0.39 is 0 Å². The highest BCUT2D eigenvalue weighted by Crippen LogP contribution is 2.09. The average molecular weight is 193 g/mol. The second kappa shape index (κ2) is 4.91. The van der Waals surface area contributed by atoms with E-state index in [1.165, 1.54) is 6.07 Å². The maximum absolute atomic E-state index is 13.2. The predicted octanol–water partition coefficient (Wildman–Crippen LogP) is 2.66. The third-order valence-electron chi connectivity index (χ3n) is 1.96. The fourth-order valence-electron chi connectivity index (χ4n) is 1.40. The number of rotatable bonds is 3. The minimum absolute atomic E-state index is 0.100. The number of allylic oxidation sites excluding steroid dienone is 1. The molecule has 0 saturated heterocycles. The zero-order valence-electron chi connectivity index (χ0n) is 8.63. The van der Waals surface area contributed by atoms with Crippen LogP contribution < -0.4 is 5.73 Å². The van der Waals surface area contributed by atoms with Crippen molar-refractivity contribution in [3.8, 4) is 0 Å². The van der Waals surface area contributed by atoms with Gasteiger partial charge in [-0.2, -0.15) is 0 Å². The van der Waals surface area contributed by atoms with Gasteiger partial charge in [0.25, 0.3) is 0 Å². The number of hydrogen-bond acceptors (Lipinski definition) is 1. The smallest absolute Gasteiger partial charge is 0.126 e. The molecule has 0 aliphatic carbocycles. The lowest BCUT2D eigenvalue weighted by molar-refractivity contribution is 0.602. The fraction of sp³-hybridized carbons (Fsp3) is 0.333. The largest absolute Gasteiger partial charge is 0.324 e. The van der Waals surface area contributed by atoms with Crippen LogP contribution in [0.25, 0.3) is 0 Å². The van der Waals surface area contributed by atoms with Crippen molar-refractivity contribution in [3.63, 3.8) is 0 Å². The second-order valence-corrected chi connectivity index (χ2v) is 3.70. The first-order chi connectivity index (χ1) is 6.59. The summed E-state index contributed by atoms with van der Waals surface area (Å²) in [6, 6.07) is 6.65. The number of hydrogen-bond donors (Lipinski definition) is 1. The summed E-state index contributed by atoms with van der Waals surface area (Å²) in [6.45, 7) is 3.97. The Labute approximate surface area is 84.4 Å². The summed E-state index contributed by atoms with van der Waals surface area (Å²) in [7, 11) is 0. The molecule has 1 nitrogen and oxygen atoms in total. The van der Waals surface area contributed by atoms with Gasteiger partial charge < -0.3 is 5.73 Å². The highest BCUT2D eigenvalue weighted by atomic mass is 19.1. The van der Waals surface area contributed by atoms with Crippen molar-refractivity contribution in [2.75, 3.05) is 0 Å². The normalized spacial score (nSPS) is 12.3. The van der Waals surface area contributed by atoms with Gasteiger partial charge in [0.15, 0.2) is 0 Å². The van der Waals surface area contributed by atoms with Crippen molar-refractivity contribution in [1.29, 1.82) is 0 Å². The minimum Gasteiger partial charge on any atom is -0.324 e. The first-order valence-electron chi connectivity index (χ1n) is 4.73. The summed E-state index contributed by atoms with van der Waals surface area (Å²) < 4.78 is 13.2. The maximum Gasteiger partial charge on any atom is 0.126 e. The van der Waals surface area contributed by atoms with Crippen molar-refractivity contribution in [2.24, 2.45) is 5.73 Å². The van der Waals surface area contributed by atoms with Crippen molar-refractivity contribution in [3.05, 3.63) is 47.3 Å². The second-order valence-electron chi connectivity index (χ2n) is 3.70. The van der Waals surface area contributed by atoms with E-state index >= 15 is 0 Å². The molecule has 0 bridgehead atoms. The lowest BCUT2D eigenvalue weighted by Crippen LogP contribution is -2.20. The quantitative estimate of drug-likeness (QED) is 0.734. The van der Waals surface area contributed by atoms with Gasteiger partial charge in [-0.15, -0.1) is 0 Å². The topological polar surface area (TPSA) is 26.0 Å². The molecule has 0 heterocycles. The SMILES string of the molecule is CC(C)=CC(N)Cc1ccccc1F. The molecule has 14 heavy (non-hydrogen) atoms. The van der Waals surface area contributed by atoms with Gasteiger partial charge in [0, 0.05) is 6.04 Å². The van der Waals surface area contributed by atoms with Gasteiger partial charge in [-0.05, 0) is 31.9 Å². The summed E-state index contributed by atoms with van der Waals surface area (Å²) in [5.41, 5.74) is 7.67. The Kier molecular flexibility index (Phi) is 3.84. The standard InChI is InChI=1S/C12H16FN/c1-9(2)7-11(14)8-10-5-3-4-6-12(10)13/h3-7,11H,8,14H2,1-2H3. The summed E-state index contributed by atoms with van der Waals surface area (Å²) in [5.74, 6) is -0.176. The van der Waals surface area contributed by atoms with Crippen molar-refractivity contribution in [1.82, 2.24) is 0 Å². The van der Waals surface area contributed by atoms with E-state index in [0.717, 1.165) is 5.57 Å². The highest BCUT2D eigenvalue weighted by molar-refractivity contribution is 5.20. The molecule has 2 heteroatoms. The van der Waals surface area contributed by atoms with Gasteiger partial charge in [0.05, 0.1) is 0 Å². The number of nitrogens with two attached hydrogens (primary N) is 1. The van der Waals surface area contributed by atoms with Crippen LogP contribution >= 0.6 is 0 Å². The van der Waals surface area contributed by atoms with Gasteiger partial charge in [0.1, 0.15) is 5.82 Å². The molecule has 1 rings (SSSR count). The molecular weight excluding hydrogens is 177 g/mol. The molecule has 1 aromatic carbocycles. The van der Waals surface area contributed by atoms with Crippen molar-refractivity contribution >= 4 is 0 Å². The molecule has 1 aromatic rings. The van der Waals surface area contributed by atoms with Gasteiger partial charge in [-0.3, -0.25) is 0 Å². The van der Waals surface area contributed by atoms with Crippen LogP contribution in [0, 0.1) is 5.82 Å². The van der Waals surface area contributed by atoms with E-state index in [1.807, 2.05) is 26.0 Å². The first-order valence-corrected chi connectivity index (χ1v) is 4.73. The average Bonchev–Trinajstić information content (AvgIpc) is 2.07. The maximum atomic E-state index is 13.2. The Hall–Kier alpha value is -1.15. The molecule has 0 aromatic heterocycles. The molecule has 0 amide bonds. The molecule has 0 aliphatic heterocycles. The number of halogens is 1. The van der Waals surface area contributed by atoms with Crippen LogP contribution in [0.4, 0.5) is 4.39 Å². The molecular formula is C12H16FN. The van der Waals surface area contributed by atoms with Crippen LogP contribution in [-0.4, -0.2) is 6.04 Å². The summed E-state index contributed by atoms with van der Waals surface area (Å²) >= 11 is 0. The Morgan fingerprint density at radius 1 is 1.43 bits per heavy atom. The monoisotopic (exact) mass is 193 g/mol. The Balaban J connectivity index is 2.70. The van der Waals surface area contributed by atoms with E-state index in [0.29, 0.717) is 12.0 Å². The first kappa shape index (κ1) is 10.9. The fourth-order valence-corrected chi connectivity index (χ4v) is 1.40. The van der Waals surface area contributed by atoms with Crippen molar-refractivity contribution in [2.45, 2.75) is 26.3 Å². The van der Waals surface area contributed by atoms with Crippen LogP contribution in [0.5, 0.6) is 0 Å². The number of benzene rings is 1. The van der Waals surface area contributed by atoms with E-state index in [9.17, 15) is 4.39 Å². The molecule has 2 N–H and O–H groups in total. The Morgan fingerprint density at radius 3 is 2.64 bits per heavy atom. The van der Waals surface area contributed by atoms with Crippen LogP contribution in [0.3, 0.4) is 0 Å². The zero-order chi connectivity index (χ0) is 10.6. The third-order valence-corrected chi connectivity index (χ3v) is 1.96. The highest BCUT2D eigenvalue weighted by Gasteiger charge is 2.04. The zero-order valence-corrected chi connectivity index (χ0v) is 8.63. The van der Waals surface area contributed by atoms with E-state index in [2.05, 4.69) is 0 Å². The molecule has 1 unspecified atom stereocenters. The lowest BCUT2D eigenvalue weighted by atomic mass is 10.0. The Bertz CT molecular complexity index is 327. The van der Waals surface area contributed by atoms with Crippen LogP contribution in [0.2, 0.25) is 0 Å². The van der Waals surface area contributed by atoms with E-state index in [1.54, 1.807) is 12.1 Å². The molecule has 0 fully saturated rings. The van der Waals surface area contributed by atoms with Gasteiger partial charge in [-0.1, -0.05) is 29.8 Å². The molecule has 76 valence electrons. The van der Waals surface area contributed by atoms with Crippen LogP contribution in [-0.2, 0) is 6.42 Å². The molecule has 0 saturated carbocycles. The Morgan fingerprint density at radius 2 is 2.07 bits per heavy atom. The van der Waals surface area contributed by atoms with E-state index in [-0.39, 0.29) is 11.9 Å². The summed E-state index contributed by atoms with van der Waals surface area (Å²) in [6.07, 6.45) is 2.50. The third kappa shape index (κ3) is 3.30. The molecule has 1 atom stereocenters. The van der Waals surface area contributed by atoms with Crippen LogP contribution in [0.15, 0.2) is 35.9 Å². The summed E-state index contributed by atoms with van der Waals surface area (Å²) in [5, 5.41) is 0. The van der Waals surface area contributed by atoms with E-state index in [4.69, 9.17) is 5.73 Å². The van der Waals surface area contributed by atoms with Gasteiger partial charge in [0.2, 0.25) is 0 Å². The molecule has 0 radical (unpaired) electrons.